The van der Waals surface area contributed by atoms with Crippen molar-refractivity contribution in [3.05, 3.63) is 54.6 Å². The maximum absolute atomic E-state index is 10.5. The molecule has 0 spiro atoms. The van der Waals surface area contributed by atoms with Crippen LogP contribution in [0.2, 0.25) is 0 Å². The average Bonchev–Trinajstić information content (AvgIpc) is 2.48. The molecular formula is C17H19NO3. The molecule has 0 heterocycles. The topological polar surface area (TPSA) is 49.8 Å². The Hall–Kier alpha value is -2.49. The first-order valence-electron chi connectivity index (χ1n) is 6.91. The van der Waals surface area contributed by atoms with Crippen LogP contribution in [0.1, 0.15) is 12.8 Å². The highest BCUT2D eigenvalue weighted by atomic mass is 16.5. The molecule has 0 aliphatic carbocycles. The van der Waals surface area contributed by atoms with Crippen molar-refractivity contribution < 1.29 is 14.6 Å². The maximum Gasteiger partial charge on any atom is 0.303 e. The molecule has 0 radical (unpaired) electrons. The molecule has 2 aromatic rings. The monoisotopic (exact) mass is 285 g/mol. The van der Waals surface area contributed by atoms with E-state index in [0.717, 1.165) is 17.2 Å². The third-order valence-corrected chi connectivity index (χ3v) is 3.14. The number of para-hydroxylation sites is 1. The van der Waals surface area contributed by atoms with Crippen LogP contribution in [0.25, 0.3) is 0 Å². The predicted octanol–water partition coefficient (Wildman–Crippen LogP) is 3.78. The van der Waals surface area contributed by atoms with Gasteiger partial charge in [0.05, 0.1) is 0 Å². The van der Waals surface area contributed by atoms with Crippen LogP contribution < -0.4 is 9.64 Å². The van der Waals surface area contributed by atoms with Gasteiger partial charge in [0.1, 0.15) is 11.5 Å². The summed E-state index contributed by atoms with van der Waals surface area (Å²) in [7, 11) is 1.95. The molecule has 2 rings (SSSR count). The molecule has 110 valence electrons. The molecule has 0 saturated heterocycles. The molecule has 4 nitrogen and oxygen atoms in total. The van der Waals surface area contributed by atoms with Crippen LogP contribution >= 0.6 is 0 Å². The lowest BCUT2D eigenvalue weighted by Crippen LogP contribution is -2.19. The molecule has 0 aliphatic rings. The Morgan fingerprint density at radius 1 is 1.05 bits per heavy atom. The lowest BCUT2D eigenvalue weighted by atomic mass is 10.2. The minimum atomic E-state index is -0.755. The molecule has 0 aliphatic heterocycles. The van der Waals surface area contributed by atoms with Crippen molar-refractivity contribution in [3.8, 4) is 11.5 Å². The molecule has 0 bridgehead atoms. The fraction of sp³-hybridized carbons (Fsp3) is 0.235. The second-order valence-corrected chi connectivity index (χ2v) is 4.83. The van der Waals surface area contributed by atoms with E-state index >= 15 is 0 Å². The largest absolute Gasteiger partial charge is 0.481 e. The zero-order valence-corrected chi connectivity index (χ0v) is 12.0. The summed E-state index contributed by atoms with van der Waals surface area (Å²) in [5, 5.41) is 8.64. The van der Waals surface area contributed by atoms with Crippen LogP contribution in [0.3, 0.4) is 0 Å². The van der Waals surface area contributed by atoms with Gasteiger partial charge >= 0.3 is 5.97 Å². The molecule has 0 aromatic heterocycles. The van der Waals surface area contributed by atoms with E-state index in [1.54, 1.807) is 0 Å². The van der Waals surface area contributed by atoms with Crippen molar-refractivity contribution in [1.82, 2.24) is 0 Å². The molecule has 0 atom stereocenters. The van der Waals surface area contributed by atoms with Crippen LogP contribution in [-0.2, 0) is 4.79 Å². The molecule has 2 aromatic carbocycles. The van der Waals surface area contributed by atoms with Crippen LogP contribution in [-0.4, -0.2) is 24.7 Å². The van der Waals surface area contributed by atoms with Crippen molar-refractivity contribution in [2.75, 3.05) is 18.5 Å². The van der Waals surface area contributed by atoms with Gasteiger partial charge in [-0.1, -0.05) is 18.2 Å². The van der Waals surface area contributed by atoms with Gasteiger partial charge in [-0.3, -0.25) is 4.79 Å². The first-order chi connectivity index (χ1) is 10.1. The Bertz CT molecular complexity index is 566. The van der Waals surface area contributed by atoms with Crippen molar-refractivity contribution >= 4 is 11.7 Å². The summed E-state index contributed by atoms with van der Waals surface area (Å²) in [5.41, 5.74) is 1.04. The summed E-state index contributed by atoms with van der Waals surface area (Å²) in [6.07, 6.45) is 0.827. The summed E-state index contributed by atoms with van der Waals surface area (Å²) >= 11 is 0. The fourth-order valence-electron chi connectivity index (χ4n) is 1.99. The first-order valence-corrected chi connectivity index (χ1v) is 6.91. The highest BCUT2D eigenvalue weighted by Crippen LogP contribution is 2.23. The van der Waals surface area contributed by atoms with E-state index in [4.69, 9.17) is 9.84 Å². The van der Waals surface area contributed by atoms with E-state index < -0.39 is 5.97 Å². The zero-order valence-electron chi connectivity index (χ0n) is 12.0. The van der Waals surface area contributed by atoms with Crippen LogP contribution in [0.15, 0.2) is 54.6 Å². The number of nitrogens with zero attached hydrogens (tertiary/aromatic N) is 1. The SMILES string of the molecule is CN(CCCC(=O)O)c1ccc(Oc2ccccc2)cc1. The molecule has 4 heteroatoms. The number of benzene rings is 2. The number of carboxylic acids is 1. The zero-order chi connectivity index (χ0) is 15.1. The minimum Gasteiger partial charge on any atom is -0.481 e. The van der Waals surface area contributed by atoms with Crippen LogP contribution in [0.4, 0.5) is 5.69 Å². The summed E-state index contributed by atoms with van der Waals surface area (Å²) < 4.78 is 5.73. The Balaban J connectivity index is 1.90. The van der Waals surface area contributed by atoms with Gasteiger partial charge in [-0.2, -0.15) is 0 Å². The van der Waals surface area contributed by atoms with E-state index in [0.29, 0.717) is 13.0 Å². The summed E-state index contributed by atoms with van der Waals surface area (Å²) in [5.74, 6) is 0.832. The molecule has 21 heavy (non-hydrogen) atoms. The number of carbonyl (C=O) groups is 1. The third-order valence-electron chi connectivity index (χ3n) is 3.14. The van der Waals surface area contributed by atoms with Gasteiger partial charge in [-0.25, -0.2) is 0 Å². The van der Waals surface area contributed by atoms with Gasteiger partial charge < -0.3 is 14.7 Å². The number of anilines is 1. The van der Waals surface area contributed by atoms with Gasteiger partial charge in [0.2, 0.25) is 0 Å². The van der Waals surface area contributed by atoms with E-state index in [2.05, 4.69) is 0 Å². The Morgan fingerprint density at radius 2 is 1.67 bits per heavy atom. The van der Waals surface area contributed by atoms with Crippen molar-refractivity contribution in [2.24, 2.45) is 0 Å². The third kappa shape index (κ3) is 4.84. The van der Waals surface area contributed by atoms with Gasteiger partial charge in [0.15, 0.2) is 0 Å². The number of rotatable bonds is 7. The lowest BCUT2D eigenvalue weighted by Gasteiger charge is -2.19. The predicted molar refractivity (Wildman–Crippen MR) is 83.1 cm³/mol. The molecule has 0 saturated carbocycles. The van der Waals surface area contributed by atoms with Gasteiger partial charge in [-0.05, 0) is 42.8 Å². The lowest BCUT2D eigenvalue weighted by molar-refractivity contribution is -0.137. The Kier molecular flexibility index (Phi) is 5.21. The number of hydrogen-bond acceptors (Lipinski definition) is 3. The van der Waals surface area contributed by atoms with E-state index in [-0.39, 0.29) is 6.42 Å². The number of ether oxygens (including phenoxy) is 1. The maximum atomic E-state index is 10.5. The summed E-state index contributed by atoms with van der Waals surface area (Å²) in [6, 6.07) is 17.4. The number of carboxylic acid groups (broad SMARTS) is 1. The van der Waals surface area contributed by atoms with E-state index in [1.165, 1.54) is 0 Å². The standard InChI is InChI=1S/C17H19NO3/c1-18(13-5-8-17(19)20)14-9-11-16(12-10-14)21-15-6-3-2-4-7-15/h2-4,6-7,9-12H,5,8,13H2,1H3,(H,19,20). The molecule has 0 fully saturated rings. The molecule has 0 unspecified atom stereocenters. The van der Waals surface area contributed by atoms with E-state index in [1.807, 2.05) is 66.5 Å². The number of hydrogen-bond donors (Lipinski definition) is 1. The van der Waals surface area contributed by atoms with Gasteiger partial charge in [0, 0.05) is 25.7 Å². The van der Waals surface area contributed by atoms with E-state index in [9.17, 15) is 4.79 Å². The van der Waals surface area contributed by atoms with Crippen molar-refractivity contribution in [2.45, 2.75) is 12.8 Å². The summed E-state index contributed by atoms with van der Waals surface area (Å²) in [4.78, 5) is 12.5. The molecular weight excluding hydrogens is 266 g/mol. The smallest absolute Gasteiger partial charge is 0.303 e. The fourth-order valence-corrected chi connectivity index (χ4v) is 1.99. The van der Waals surface area contributed by atoms with Gasteiger partial charge in [0.25, 0.3) is 0 Å². The van der Waals surface area contributed by atoms with Crippen molar-refractivity contribution in [1.29, 1.82) is 0 Å². The van der Waals surface area contributed by atoms with Crippen LogP contribution in [0.5, 0.6) is 11.5 Å². The second kappa shape index (κ2) is 7.33. The highest BCUT2D eigenvalue weighted by molar-refractivity contribution is 5.66. The Morgan fingerprint density at radius 3 is 2.29 bits per heavy atom. The normalized spacial score (nSPS) is 10.1. The number of aliphatic carboxylic acids is 1. The second-order valence-electron chi connectivity index (χ2n) is 4.83. The average molecular weight is 285 g/mol. The molecule has 0 amide bonds. The first kappa shape index (κ1) is 14.9. The molecule has 1 N–H and O–H groups in total. The highest BCUT2D eigenvalue weighted by Gasteiger charge is 2.03. The van der Waals surface area contributed by atoms with Gasteiger partial charge in [-0.15, -0.1) is 0 Å². The Labute approximate surface area is 124 Å². The quantitative estimate of drug-likeness (QED) is 0.841. The summed E-state index contributed by atoms with van der Waals surface area (Å²) in [6.45, 7) is 0.713. The van der Waals surface area contributed by atoms with Crippen molar-refractivity contribution in [3.63, 3.8) is 0 Å². The van der Waals surface area contributed by atoms with Crippen LogP contribution in [0, 0.1) is 0 Å². The minimum absolute atomic E-state index is 0.194.